The van der Waals surface area contributed by atoms with E-state index in [0.717, 1.165) is 30.0 Å². The molecule has 22 heavy (non-hydrogen) atoms. The molecule has 1 aliphatic heterocycles. The highest BCUT2D eigenvalue weighted by Crippen LogP contribution is 2.23. The molecule has 1 amide bonds. The smallest absolute Gasteiger partial charge is 0.242 e. The number of hydrogen-bond acceptors (Lipinski definition) is 3. The summed E-state index contributed by atoms with van der Waals surface area (Å²) >= 11 is 0. The molecule has 1 aromatic carbocycles. The van der Waals surface area contributed by atoms with Crippen LogP contribution in [0.5, 0.6) is 0 Å². The van der Waals surface area contributed by atoms with Crippen LogP contribution in [0.25, 0.3) is 10.9 Å². The van der Waals surface area contributed by atoms with Gasteiger partial charge in [-0.2, -0.15) is 4.31 Å². The molecule has 1 atom stereocenters. The Morgan fingerprint density at radius 3 is 2.91 bits per heavy atom. The first kappa shape index (κ1) is 15.1. The van der Waals surface area contributed by atoms with Crippen molar-refractivity contribution in [3.8, 4) is 0 Å². The van der Waals surface area contributed by atoms with Crippen molar-refractivity contribution in [3.05, 3.63) is 30.5 Å². The number of piperidine rings is 1. The Morgan fingerprint density at radius 1 is 1.32 bits per heavy atom. The molecule has 0 radical (unpaired) electrons. The maximum absolute atomic E-state index is 12.5. The van der Waals surface area contributed by atoms with Gasteiger partial charge in [-0.25, -0.2) is 8.42 Å². The fourth-order valence-electron chi connectivity index (χ4n) is 2.92. The lowest BCUT2D eigenvalue weighted by Gasteiger charge is -2.32. The number of carbonyl (C=O) groups is 1. The summed E-state index contributed by atoms with van der Waals surface area (Å²) < 4.78 is 25.0. The minimum absolute atomic E-state index is 0.264. The van der Waals surface area contributed by atoms with Gasteiger partial charge in [-0.15, -0.1) is 0 Å². The normalized spacial score (nSPS) is 20.1. The Labute approximate surface area is 129 Å². The molecule has 1 aromatic heterocycles. The van der Waals surface area contributed by atoms with Crippen LogP contribution in [0.4, 0.5) is 5.69 Å². The monoisotopic (exact) mass is 321 g/mol. The van der Waals surface area contributed by atoms with Crippen LogP contribution in [0.15, 0.2) is 30.5 Å². The molecular weight excluding hydrogens is 302 g/mol. The summed E-state index contributed by atoms with van der Waals surface area (Å²) in [4.78, 5) is 15.6. The van der Waals surface area contributed by atoms with Gasteiger partial charge in [-0.05, 0) is 37.1 Å². The van der Waals surface area contributed by atoms with E-state index in [4.69, 9.17) is 0 Å². The van der Waals surface area contributed by atoms with E-state index < -0.39 is 16.1 Å². The highest BCUT2D eigenvalue weighted by atomic mass is 32.2. The van der Waals surface area contributed by atoms with E-state index in [0.29, 0.717) is 18.7 Å². The fourth-order valence-corrected chi connectivity index (χ4v) is 4.04. The van der Waals surface area contributed by atoms with Crippen LogP contribution in [0, 0.1) is 0 Å². The van der Waals surface area contributed by atoms with Crippen molar-refractivity contribution in [2.75, 3.05) is 18.1 Å². The number of benzene rings is 1. The summed E-state index contributed by atoms with van der Waals surface area (Å²) in [6.07, 6.45) is 5.21. The third-order valence-corrected chi connectivity index (χ3v) is 5.29. The number of aromatic nitrogens is 1. The van der Waals surface area contributed by atoms with Gasteiger partial charge in [-0.3, -0.25) is 4.79 Å². The third-order valence-electron chi connectivity index (χ3n) is 4.00. The van der Waals surface area contributed by atoms with E-state index >= 15 is 0 Å². The second-order valence-corrected chi connectivity index (χ2v) is 7.59. The zero-order valence-corrected chi connectivity index (χ0v) is 13.2. The molecule has 118 valence electrons. The molecule has 2 aromatic rings. The summed E-state index contributed by atoms with van der Waals surface area (Å²) in [6, 6.07) is 6.88. The largest absolute Gasteiger partial charge is 0.361 e. The quantitative estimate of drug-likeness (QED) is 0.906. The van der Waals surface area contributed by atoms with E-state index in [-0.39, 0.29) is 5.91 Å². The van der Waals surface area contributed by atoms with Crippen LogP contribution in [0.3, 0.4) is 0 Å². The summed E-state index contributed by atoms with van der Waals surface area (Å²) in [6.45, 7) is 0.410. The van der Waals surface area contributed by atoms with E-state index in [1.807, 2.05) is 30.5 Å². The van der Waals surface area contributed by atoms with Crippen molar-refractivity contribution >= 4 is 32.5 Å². The Bertz CT molecular complexity index is 797. The van der Waals surface area contributed by atoms with Crippen LogP contribution in [0.2, 0.25) is 0 Å². The standard InChI is InChI=1S/C15H19N3O3S/c1-22(20,21)18-9-3-2-4-14(18)15(19)17-12-5-6-13-11(10-12)7-8-16-13/h5-8,10,14,16H,2-4,9H2,1H3,(H,17,19). The first-order valence-corrected chi connectivity index (χ1v) is 9.15. The van der Waals surface area contributed by atoms with E-state index in [1.54, 1.807) is 0 Å². The minimum Gasteiger partial charge on any atom is -0.361 e. The molecule has 6 nitrogen and oxygen atoms in total. The Hall–Kier alpha value is -1.86. The summed E-state index contributed by atoms with van der Waals surface area (Å²) in [5.74, 6) is -0.264. The van der Waals surface area contributed by atoms with Gasteiger partial charge in [0.2, 0.25) is 15.9 Å². The molecule has 1 unspecified atom stereocenters. The topological polar surface area (TPSA) is 82.3 Å². The summed E-state index contributed by atoms with van der Waals surface area (Å²) in [5.41, 5.74) is 1.67. The maximum atomic E-state index is 12.5. The number of carbonyl (C=O) groups excluding carboxylic acids is 1. The van der Waals surface area contributed by atoms with Gasteiger partial charge >= 0.3 is 0 Å². The molecular formula is C15H19N3O3S. The molecule has 2 N–H and O–H groups in total. The Balaban J connectivity index is 1.80. The van der Waals surface area contributed by atoms with Gasteiger partial charge in [-0.1, -0.05) is 6.42 Å². The second-order valence-electron chi connectivity index (χ2n) is 5.65. The van der Waals surface area contributed by atoms with Crippen molar-refractivity contribution in [2.45, 2.75) is 25.3 Å². The molecule has 0 saturated carbocycles. The predicted molar refractivity (Wildman–Crippen MR) is 86.1 cm³/mol. The highest BCUT2D eigenvalue weighted by Gasteiger charge is 2.34. The lowest BCUT2D eigenvalue weighted by Crippen LogP contribution is -2.49. The first-order valence-electron chi connectivity index (χ1n) is 7.30. The maximum Gasteiger partial charge on any atom is 0.242 e. The number of nitrogens with one attached hydrogen (secondary N) is 2. The van der Waals surface area contributed by atoms with E-state index in [1.165, 1.54) is 4.31 Å². The first-order chi connectivity index (χ1) is 10.4. The van der Waals surface area contributed by atoms with Crippen LogP contribution in [-0.4, -0.2) is 42.5 Å². The van der Waals surface area contributed by atoms with Gasteiger partial charge in [0.25, 0.3) is 0 Å². The zero-order valence-electron chi connectivity index (χ0n) is 12.4. The Kier molecular flexibility index (Phi) is 3.92. The number of hydrogen-bond donors (Lipinski definition) is 2. The van der Waals surface area contributed by atoms with Crippen molar-refractivity contribution in [3.63, 3.8) is 0 Å². The third kappa shape index (κ3) is 3.00. The van der Waals surface area contributed by atoms with Crippen molar-refractivity contribution < 1.29 is 13.2 Å². The van der Waals surface area contributed by atoms with Gasteiger partial charge < -0.3 is 10.3 Å². The summed E-state index contributed by atoms with van der Waals surface area (Å²) in [7, 11) is -3.37. The van der Waals surface area contributed by atoms with Gasteiger partial charge in [0.15, 0.2) is 0 Å². The molecule has 1 fully saturated rings. The lowest BCUT2D eigenvalue weighted by molar-refractivity contribution is -0.120. The van der Waals surface area contributed by atoms with E-state index in [2.05, 4.69) is 10.3 Å². The number of fused-ring (bicyclic) bond motifs is 1. The van der Waals surface area contributed by atoms with Crippen LogP contribution in [-0.2, 0) is 14.8 Å². The molecule has 0 bridgehead atoms. The number of amides is 1. The molecule has 1 saturated heterocycles. The molecule has 7 heteroatoms. The van der Waals surface area contributed by atoms with Crippen molar-refractivity contribution in [1.82, 2.24) is 9.29 Å². The molecule has 2 heterocycles. The fraction of sp³-hybridized carbons (Fsp3) is 0.400. The molecule has 1 aliphatic rings. The van der Waals surface area contributed by atoms with Crippen LogP contribution in [0.1, 0.15) is 19.3 Å². The SMILES string of the molecule is CS(=O)(=O)N1CCCCC1C(=O)Nc1ccc2[nH]ccc2c1. The van der Waals surface area contributed by atoms with Gasteiger partial charge in [0.1, 0.15) is 6.04 Å². The summed E-state index contributed by atoms with van der Waals surface area (Å²) in [5, 5.41) is 3.84. The number of rotatable bonds is 3. The number of H-pyrrole nitrogens is 1. The molecule has 0 aliphatic carbocycles. The number of anilines is 1. The van der Waals surface area contributed by atoms with Crippen molar-refractivity contribution in [1.29, 1.82) is 0 Å². The van der Waals surface area contributed by atoms with Gasteiger partial charge in [0, 0.05) is 29.3 Å². The number of aromatic amines is 1. The number of nitrogens with zero attached hydrogens (tertiary/aromatic N) is 1. The average Bonchev–Trinajstić information content (AvgIpc) is 2.94. The highest BCUT2D eigenvalue weighted by molar-refractivity contribution is 7.88. The minimum atomic E-state index is -3.37. The van der Waals surface area contributed by atoms with Crippen LogP contribution < -0.4 is 5.32 Å². The molecule has 3 rings (SSSR count). The Morgan fingerprint density at radius 2 is 2.14 bits per heavy atom. The molecule has 0 spiro atoms. The van der Waals surface area contributed by atoms with Crippen LogP contribution >= 0.6 is 0 Å². The predicted octanol–water partition coefficient (Wildman–Crippen LogP) is 1.92. The number of sulfonamides is 1. The lowest BCUT2D eigenvalue weighted by atomic mass is 10.0. The second kappa shape index (κ2) is 5.73. The van der Waals surface area contributed by atoms with Crippen molar-refractivity contribution in [2.24, 2.45) is 0 Å². The zero-order chi connectivity index (χ0) is 15.7. The average molecular weight is 321 g/mol. The van der Waals surface area contributed by atoms with Gasteiger partial charge in [0.05, 0.1) is 6.26 Å². The van der Waals surface area contributed by atoms with E-state index in [9.17, 15) is 13.2 Å².